The van der Waals surface area contributed by atoms with Gasteiger partial charge in [-0.2, -0.15) is 0 Å². The van der Waals surface area contributed by atoms with E-state index in [1.165, 1.54) is 83.9 Å². The molecule has 13 heterocycles. The van der Waals surface area contributed by atoms with Gasteiger partial charge in [0.1, 0.15) is 46.0 Å². The second kappa shape index (κ2) is 42.9. The Morgan fingerprint density at radius 1 is 0.356 bits per heavy atom. The fraction of sp³-hybridized carbons (Fsp3) is 0.596. The van der Waals surface area contributed by atoms with Crippen LogP contribution in [-0.4, -0.2) is 250 Å². The molecule has 12 N–H and O–H groups in total. The van der Waals surface area contributed by atoms with Crippen molar-refractivity contribution in [3.8, 4) is 41.8 Å². The number of carbonyl (C=O) groups excluding carboxylic acids is 8. The number of thiazole rings is 4. The first-order chi connectivity index (χ1) is 63.6. The average molecular weight is 1930 g/mol. The van der Waals surface area contributed by atoms with Gasteiger partial charge >= 0.3 is 0 Å². The van der Waals surface area contributed by atoms with Crippen LogP contribution in [0.15, 0.2) is 49.1 Å². The second-order valence-corrected chi connectivity index (χ2v) is 45.1. The van der Waals surface area contributed by atoms with E-state index in [9.17, 15) is 58.8 Å². The molecule has 8 aliphatic rings. The molecule has 32 nitrogen and oxygen atoms in total. The number of anilines is 4. The van der Waals surface area contributed by atoms with Crippen molar-refractivity contribution in [3.05, 3.63) is 114 Å². The van der Waals surface area contributed by atoms with Crippen molar-refractivity contribution in [2.24, 2.45) is 17.8 Å². The molecule has 0 radical (unpaired) electrons. The van der Waals surface area contributed by atoms with Crippen LogP contribution < -0.4 is 42.5 Å². The lowest BCUT2D eigenvalue weighted by molar-refractivity contribution is 0.0692. The lowest BCUT2D eigenvalue weighted by Crippen LogP contribution is -2.38. The molecule has 8 aromatic rings. The number of hydrogen-bond donors (Lipinski definition) is 12. The fourth-order valence-electron chi connectivity index (χ4n) is 17.6. The third-order valence-electron chi connectivity index (χ3n) is 25.9. The molecule has 16 rings (SSSR count). The maximum absolute atomic E-state index is 13.7. The minimum atomic E-state index is -1.04. The number of fused-ring (bicyclic) bond motifs is 2. The number of carbonyl (C=O) groups is 8. The molecule has 8 fully saturated rings. The maximum atomic E-state index is 13.7. The number of nitrogens with one attached hydrogen (secondary N) is 8. The monoisotopic (exact) mass is 1930 g/mol. The molecule has 0 unspecified atom stereocenters. The molecule has 0 aromatic carbocycles. The molecule has 5 aliphatic heterocycles. The van der Waals surface area contributed by atoms with Gasteiger partial charge in [-0.05, 0) is 305 Å². The molecule has 36 heteroatoms. The number of hydrogen-bond acceptors (Lipinski definition) is 28. The molecular weight excluding hydrogens is 1790 g/mol. The Balaban J connectivity index is 0.000000153. The Hall–Kier alpha value is -10.1. The summed E-state index contributed by atoms with van der Waals surface area (Å²) in [5, 5.41) is 65.3. The van der Waals surface area contributed by atoms with Gasteiger partial charge in [0.25, 0.3) is 47.3 Å². The fourth-order valence-corrected chi connectivity index (χ4v) is 21.8. The van der Waals surface area contributed by atoms with E-state index in [-0.39, 0.29) is 118 Å². The lowest BCUT2D eigenvalue weighted by Gasteiger charge is -2.21. The first-order valence-electron chi connectivity index (χ1n) is 47.9. The number of amides is 8. The van der Waals surface area contributed by atoms with Crippen LogP contribution in [0.25, 0.3) is 41.8 Å². The summed E-state index contributed by atoms with van der Waals surface area (Å²) in [6, 6.07) is 10.3. The van der Waals surface area contributed by atoms with Gasteiger partial charge in [-0.1, -0.05) is 0 Å². The van der Waals surface area contributed by atoms with Crippen LogP contribution in [0.2, 0.25) is 0 Å². The number of aromatic nitrogens is 8. The van der Waals surface area contributed by atoms with Crippen LogP contribution >= 0.6 is 45.3 Å². The molecule has 135 heavy (non-hydrogen) atoms. The Bertz CT molecular complexity index is 5440. The summed E-state index contributed by atoms with van der Waals surface area (Å²) in [5.41, 5.74) is 4.13. The molecule has 3 aliphatic carbocycles. The highest BCUT2D eigenvalue weighted by Crippen LogP contribution is 2.45. The Morgan fingerprint density at radius 2 is 0.585 bits per heavy atom. The molecular formula is C99H138N20O12S4. The predicted octanol–water partition coefficient (Wildman–Crippen LogP) is 15.1. The Labute approximate surface area is 808 Å². The van der Waals surface area contributed by atoms with Gasteiger partial charge in [0.2, 0.25) is 0 Å². The van der Waals surface area contributed by atoms with Gasteiger partial charge in [-0.15, -0.1) is 45.3 Å². The summed E-state index contributed by atoms with van der Waals surface area (Å²) in [6.07, 6.45) is 24.5. The molecule has 730 valence electrons. The lowest BCUT2D eigenvalue weighted by atomic mass is 10.0. The van der Waals surface area contributed by atoms with Crippen molar-refractivity contribution in [1.82, 2.24) is 80.7 Å². The highest BCUT2D eigenvalue weighted by atomic mass is 32.1. The van der Waals surface area contributed by atoms with Gasteiger partial charge in [0.05, 0.1) is 41.9 Å². The molecule has 0 spiro atoms. The van der Waals surface area contributed by atoms with E-state index in [1.54, 1.807) is 80.2 Å². The zero-order chi connectivity index (χ0) is 97.8. The van der Waals surface area contributed by atoms with E-state index in [0.29, 0.717) is 92.1 Å². The quantitative estimate of drug-likeness (QED) is 0.0192. The van der Waals surface area contributed by atoms with Crippen LogP contribution in [0.4, 0.5) is 23.3 Å². The Kier molecular flexibility index (Phi) is 32.5. The van der Waals surface area contributed by atoms with E-state index in [4.69, 9.17) is 0 Å². The zero-order valence-corrected chi connectivity index (χ0v) is 85.1. The minimum absolute atomic E-state index is 0.0866. The number of rotatable bonds is 31. The third kappa shape index (κ3) is 26.6. The first-order valence-corrected chi connectivity index (χ1v) is 51.1. The van der Waals surface area contributed by atoms with E-state index in [0.717, 1.165) is 132 Å². The minimum Gasteiger partial charge on any atom is -0.389 e. The van der Waals surface area contributed by atoms with Gasteiger partial charge in [0, 0.05) is 147 Å². The van der Waals surface area contributed by atoms with Gasteiger partial charge < -0.3 is 82.6 Å². The van der Waals surface area contributed by atoms with E-state index < -0.39 is 40.1 Å². The van der Waals surface area contributed by atoms with Crippen LogP contribution in [0.1, 0.15) is 317 Å². The molecule has 8 amide bonds. The molecule has 8 aromatic heterocycles. The van der Waals surface area contributed by atoms with E-state index >= 15 is 0 Å². The molecule has 3 saturated carbocycles. The largest absolute Gasteiger partial charge is 0.389 e. The highest BCUT2D eigenvalue weighted by Gasteiger charge is 2.45. The first kappa shape index (κ1) is 102. The topological polar surface area (TPSA) is 430 Å². The number of likely N-dealkylation sites (tertiary alicyclic amines) is 3. The van der Waals surface area contributed by atoms with Crippen molar-refractivity contribution >= 4 is 116 Å². The third-order valence-corrected chi connectivity index (χ3v) is 30.3. The maximum Gasteiger partial charge on any atom is 0.280 e. The van der Waals surface area contributed by atoms with Crippen molar-refractivity contribution in [3.63, 3.8) is 0 Å². The predicted molar refractivity (Wildman–Crippen MR) is 532 cm³/mol. The van der Waals surface area contributed by atoms with Crippen molar-refractivity contribution in [2.45, 2.75) is 318 Å². The molecule has 6 atom stereocenters. The SMILES string of the molecule is Cc1cc(NC(C)C)ncc1-c1sc(C(=O)NCC(C)(C)O)nc1C(=O)N1CCC[C@@H]1C.Cc1cc(N[C@@H](C)C2CC2)ncc1-c1sc(C(=O)NCC(C)(C)O)nc1C(=O)N1C2CCC1CC2.Cc1cc(N[C@@H](C)C2CC2)ncc1-c1sc(C(=O)NCC(C)(C)O)nc1C(=O)N1CCC[C@@H]1C.Cc1cc(N[C@H](C)C2CC2)ncc1-c1sc(C(=O)NCC(C)(C)O)nc1C(=O)N1CCC[C@@H]1C. The number of aliphatic hydroxyl groups is 4. The zero-order valence-electron chi connectivity index (χ0n) is 81.9. The van der Waals surface area contributed by atoms with Crippen molar-refractivity contribution in [2.75, 3.05) is 67.1 Å². The summed E-state index contributed by atoms with van der Waals surface area (Å²) in [6.45, 7) is 40.1. The van der Waals surface area contributed by atoms with E-state index in [1.807, 2.05) is 106 Å². The molecule has 2 bridgehead atoms. The summed E-state index contributed by atoms with van der Waals surface area (Å²) in [4.78, 5) is 152. The number of aryl methyl sites for hydroxylation is 4. The van der Waals surface area contributed by atoms with Gasteiger partial charge in [-0.25, -0.2) is 39.9 Å². The second-order valence-electron chi connectivity index (χ2n) is 41.1. The number of pyridine rings is 4. The number of nitrogens with zero attached hydrogens (tertiary/aromatic N) is 12. The summed E-state index contributed by atoms with van der Waals surface area (Å²) >= 11 is 4.79. The smallest absolute Gasteiger partial charge is 0.280 e. The van der Waals surface area contributed by atoms with Crippen molar-refractivity contribution < 1.29 is 58.8 Å². The van der Waals surface area contributed by atoms with Crippen LogP contribution in [0.5, 0.6) is 0 Å². The molecule has 5 saturated heterocycles. The van der Waals surface area contributed by atoms with Crippen molar-refractivity contribution in [1.29, 1.82) is 0 Å². The summed E-state index contributed by atoms with van der Waals surface area (Å²) in [5.74, 6) is 3.19. The van der Waals surface area contributed by atoms with Gasteiger partial charge in [0.15, 0.2) is 20.0 Å². The van der Waals surface area contributed by atoms with Crippen LogP contribution in [0.3, 0.4) is 0 Å². The average Bonchev–Trinajstić information content (AvgIpc) is 1.62. The highest BCUT2D eigenvalue weighted by molar-refractivity contribution is 7.18. The normalized spacial score (nSPS) is 19.4. The van der Waals surface area contributed by atoms with Crippen LogP contribution in [0, 0.1) is 45.4 Å². The summed E-state index contributed by atoms with van der Waals surface area (Å²) < 4.78 is 0. The van der Waals surface area contributed by atoms with E-state index in [2.05, 4.69) is 103 Å². The Morgan fingerprint density at radius 3 is 0.785 bits per heavy atom. The summed E-state index contributed by atoms with van der Waals surface area (Å²) in [7, 11) is 0. The van der Waals surface area contributed by atoms with Crippen LogP contribution in [-0.2, 0) is 0 Å². The standard InChI is InChI=1S/C26H35N5O3S.2C25H35N5O3S.C23H33N5O3S/c1-14-11-20(29-15(2)16-5-6-16)27-12-19(14)22-21(25(33)31-17-7-8-18(31)10-9-17)30-24(35-22)23(32)28-13-26(3,4)34;2*1-14-11-19(28-16(3)17-8-9-17)26-12-18(14)21-20(24(32)30-10-6-7-15(30)2)29-23(34-21)22(31)27-13-25(4,5)33;1-13(2)26-17-10-14(3)16(11-24-17)19-18(22(30)28-9-7-8-15(28)4)27-21(32-19)20(29)25-12-23(5,6)31/h11-12,15-18,34H,5-10,13H2,1-4H3,(H,27,29)(H,28,32);2*11-12,15-17,33H,6-10,13H2,1-5H3,(H,26,28)(H,27,31);10-11,13,15,31H,7-9,12H2,1-6H3,(H,24,26)(H,25,29)/t15-,17?,18?;15-,16+;15-,16-;15-/m0000/s1. The van der Waals surface area contributed by atoms with Gasteiger partial charge in [-0.3, -0.25) is 38.4 Å².